The van der Waals surface area contributed by atoms with Gasteiger partial charge < -0.3 is 10.1 Å². The number of rotatable bonds is 3. The maximum atomic E-state index is 12.2. The number of nitrogens with one attached hydrogen (secondary N) is 1. The summed E-state index contributed by atoms with van der Waals surface area (Å²) in [4.78, 5) is 0. The van der Waals surface area contributed by atoms with Gasteiger partial charge in [-0.25, -0.2) is 0 Å². The highest BCUT2D eigenvalue weighted by atomic mass is 19.4. The molecule has 1 heterocycles. The Morgan fingerprint density at radius 3 is 2.19 bits per heavy atom. The van der Waals surface area contributed by atoms with Crippen LogP contribution < -0.4 is 10.1 Å². The molecule has 1 aliphatic rings. The van der Waals surface area contributed by atoms with E-state index in [4.69, 9.17) is 0 Å². The van der Waals surface area contributed by atoms with E-state index in [1.165, 1.54) is 12.1 Å². The van der Waals surface area contributed by atoms with Crippen molar-refractivity contribution in [2.24, 2.45) is 5.41 Å². The minimum absolute atomic E-state index is 0.000594. The maximum Gasteiger partial charge on any atom is 0.573 e. The third kappa shape index (κ3) is 3.90. The predicted octanol–water partition coefficient (Wildman–Crippen LogP) is 4.30. The number of hydrogen-bond acceptors (Lipinski definition) is 2. The molecule has 5 heteroatoms. The van der Waals surface area contributed by atoms with Crippen molar-refractivity contribution in [1.29, 1.82) is 0 Å². The molecule has 1 aromatic rings. The average molecular weight is 301 g/mol. The van der Waals surface area contributed by atoms with Crippen molar-refractivity contribution >= 4 is 0 Å². The fraction of sp³-hybridized carbons (Fsp3) is 0.625. The molecule has 1 N–H and O–H groups in total. The Morgan fingerprint density at radius 1 is 1.14 bits per heavy atom. The second-order valence-corrected chi connectivity index (χ2v) is 6.73. The molecule has 1 saturated heterocycles. The van der Waals surface area contributed by atoms with E-state index in [1.54, 1.807) is 12.1 Å². The molecule has 1 fully saturated rings. The summed E-state index contributed by atoms with van der Waals surface area (Å²) in [5, 5.41) is 3.60. The molecule has 1 atom stereocenters. The second kappa shape index (κ2) is 5.52. The van der Waals surface area contributed by atoms with E-state index in [9.17, 15) is 13.2 Å². The maximum absolute atomic E-state index is 12.2. The minimum atomic E-state index is -4.64. The van der Waals surface area contributed by atoms with Crippen LogP contribution in [-0.2, 0) is 6.42 Å². The van der Waals surface area contributed by atoms with Gasteiger partial charge in [-0.1, -0.05) is 32.9 Å². The van der Waals surface area contributed by atoms with Gasteiger partial charge in [0.2, 0.25) is 0 Å². The fourth-order valence-electron chi connectivity index (χ4n) is 3.02. The monoisotopic (exact) mass is 301 g/mol. The Hall–Kier alpha value is -1.23. The zero-order valence-corrected chi connectivity index (χ0v) is 12.7. The molecular weight excluding hydrogens is 279 g/mol. The number of ether oxygens (including phenoxy) is 1. The molecule has 0 aromatic heterocycles. The zero-order chi connectivity index (χ0) is 15.7. The quantitative estimate of drug-likeness (QED) is 0.899. The van der Waals surface area contributed by atoms with Crippen LogP contribution in [0.2, 0.25) is 0 Å². The molecule has 0 amide bonds. The van der Waals surface area contributed by atoms with Crippen LogP contribution >= 0.6 is 0 Å². The summed E-state index contributed by atoms with van der Waals surface area (Å²) in [6, 6.07) is 6.20. The molecule has 2 nitrogen and oxygen atoms in total. The molecule has 0 spiro atoms. The van der Waals surface area contributed by atoms with Gasteiger partial charge in [0.15, 0.2) is 0 Å². The van der Waals surface area contributed by atoms with Gasteiger partial charge in [-0.05, 0) is 48.9 Å². The second-order valence-electron chi connectivity index (χ2n) is 6.73. The van der Waals surface area contributed by atoms with E-state index < -0.39 is 6.36 Å². The summed E-state index contributed by atoms with van der Waals surface area (Å²) in [6.45, 7) is 7.60. The summed E-state index contributed by atoms with van der Waals surface area (Å²) in [6.07, 6.45) is -1.62. The molecule has 118 valence electrons. The van der Waals surface area contributed by atoms with Crippen molar-refractivity contribution in [2.75, 3.05) is 6.54 Å². The van der Waals surface area contributed by atoms with Crippen LogP contribution in [-0.4, -0.2) is 18.4 Å². The van der Waals surface area contributed by atoms with Crippen LogP contribution in [0.1, 0.15) is 39.2 Å². The first-order chi connectivity index (χ1) is 9.61. The summed E-state index contributed by atoms with van der Waals surface area (Å²) >= 11 is 0. The van der Waals surface area contributed by atoms with Crippen molar-refractivity contribution in [3.63, 3.8) is 0 Å². The molecule has 1 aliphatic heterocycles. The van der Waals surface area contributed by atoms with Crippen molar-refractivity contribution in [3.05, 3.63) is 29.8 Å². The lowest BCUT2D eigenvalue weighted by Crippen LogP contribution is -2.52. The summed E-state index contributed by atoms with van der Waals surface area (Å²) < 4.78 is 40.4. The third-order valence-electron chi connectivity index (χ3n) is 4.34. The SMILES string of the molecule is CC(C)(C)C1(Cc2ccc(OC(F)(F)F)cc2)CCCN1. The lowest BCUT2D eigenvalue weighted by atomic mass is 9.69. The zero-order valence-electron chi connectivity index (χ0n) is 12.7. The molecule has 2 rings (SSSR count). The smallest absolute Gasteiger partial charge is 0.406 e. The van der Waals surface area contributed by atoms with E-state index in [2.05, 4.69) is 30.8 Å². The van der Waals surface area contributed by atoms with Gasteiger partial charge in [-0.2, -0.15) is 0 Å². The number of hydrogen-bond donors (Lipinski definition) is 1. The van der Waals surface area contributed by atoms with Crippen molar-refractivity contribution < 1.29 is 17.9 Å². The molecule has 21 heavy (non-hydrogen) atoms. The largest absolute Gasteiger partial charge is 0.573 e. The van der Waals surface area contributed by atoms with Crippen molar-refractivity contribution in [3.8, 4) is 5.75 Å². The van der Waals surface area contributed by atoms with Crippen LogP contribution in [0.4, 0.5) is 13.2 Å². The summed E-state index contributed by atoms with van der Waals surface area (Å²) in [5.41, 5.74) is 1.11. The van der Waals surface area contributed by atoms with Gasteiger partial charge >= 0.3 is 6.36 Å². The lowest BCUT2D eigenvalue weighted by Gasteiger charge is -2.42. The third-order valence-corrected chi connectivity index (χ3v) is 4.34. The number of benzene rings is 1. The first-order valence-electron chi connectivity index (χ1n) is 7.21. The van der Waals surface area contributed by atoms with Crippen LogP contribution in [0.3, 0.4) is 0 Å². The van der Waals surface area contributed by atoms with E-state index >= 15 is 0 Å². The minimum Gasteiger partial charge on any atom is -0.406 e. The predicted molar refractivity (Wildman–Crippen MR) is 76.3 cm³/mol. The summed E-state index contributed by atoms with van der Waals surface area (Å²) in [7, 11) is 0. The van der Waals surface area contributed by atoms with E-state index in [1.807, 2.05) is 0 Å². The molecule has 1 aromatic carbocycles. The van der Waals surface area contributed by atoms with Crippen molar-refractivity contribution in [1.82, 2.24) is 5.32 Å². The highest BCUT2D eigenvalue weighted by Crippen LogP contribution is 2.40. The first kappa shape index (κ1) is 16.1. The Labute approximate surface area is 123 Å². The van der Waals surface area contributed by atoms with Gasteiger partial charge in [-0.3, -0.25) is 0 Å². The van der Waals surface area contributed by atoms with Gasteiger partial charge in [0.1, 0.15) is 5.75 Å². The van der Waals surface area contributed by atoms with Crippen molar-refractivity contribution in [2.45, 2.75) is 51.9 Å². The van der Waals surface area contributed by atoms with Gasteiger partial charge in [-0.15, -0.1) is 13.2 Å². The van der Waals surface area contributed by atoms with E-state index in [-0.39, 0.29) is 16.7 Å². The van der Waals surface area contributed by atoms with E-state index in [0.717, 1.165) is 31.4 Å². The first-order valence-corrected chi connectivity index (χ1v) is 7.21. The molecule has 0 saturated carbocycles. The molecule has 0 bridgehead atoms. The van der Waals surface area contributed by atoms with Crippen LogP contribution in [0.15, 0.2) is 24.3 Å². The van der Waals surface area contributed by atoms with Gasteiger partial charge in [0.05, 0.1) is 0 Å². The Kier molecular flexibility index (Phi) is 4.24. The molecule has 1 unspecified atom stereocenters. The van der Waals surface area contributed by atoms with Crippen LogP contribution in [0.25, 0.3) is 0 Å². The topological polar surface area (TPSA) is 21.3 Å². The Bertz CT molecular complexity index is 468. The highest BCUT2D eigenvalue weighted by molar-refractivity contribution is 5.29. The van der Waals surface area contributed by atoms with Gasteiger partial charge in [0.25, 0.3) is 0 Å². The molecule has 0 aliphatic carbocycles. The van der Waals surface area contributed by atoms with E-state index in [0.29, 0.717) is 0 Å². The fourth-order valence-corrected chi connectivity index (χ4v) is 3.02. The Balaban J connectivity index is 2.12. The van der Waals surface area contributed by atoms with Gasteiger partial charge in [0, 0.05) is 5.54 Å². The van der Waals surface area contributed by atoms with Crippen LogP contribution in [0, 0.1) is 5.41 Å². The number of alkyl halides is 3. The molecular formula is C16H22F3NO. The lowest BCUT2D eigenvalue weighted by molar-refractivity contribution is -0.274. The summed E-state index contributed by atoms with van der Waals surface area (Å²) in [5.74, 6) is -0.171. The molecule has 0 radical (unpaired) electrons. The Morgan fingerprint density at radius 2 is 1.76 bits per heavy atom. The van der Waals surface area contributed by atoms with Crippen LogP contribution in [0.5, 0.6) is 5.75 Å². The highest BCUT2D eigenvalue weighted by Gasteiger charge is 2.43. The number of halogens is 3. The normalized spacial score (nSPS) is 23.3. The standard InChI is InChI=1S/C16H22F3NO/c1-14(2,3)15(9-4-10-20-15)11-12-5-7-13(8-6-12)21-16(17,18)19/h5-8,20H,4,9-11H2,1-3H3. The average Bonchev–Trinajstić information content (AvgIpc) is 2.79.